The molecule has 1 atom stereocenters. The van der Waals surface area contributed by atoms with Gasteiger partial charge < -0.3 is 5.11 Å². The zero-order valence-corrected chi connectivity index (χ0v) is 8.74. The average Bonchev–Trinajstić information content (AvgIpc) is 2.06. The van der Waals surface area contributed by atoms with Crippen molar-refractivity contribution in [2.24, 2.45) is 0 Å². The van der Waals surface area contributed by atoms with Crippen molar-refractivity contribution in [3.05, 3.63) is 11.3 Å². The third kappa shape index (κ3) is 1.26. The number of hydrogen-bond acceptors (Lipinski definition) is 4. The van der Waals surface area contributed by atoms with Gasteiger partial charge >= 0.3 is 5.97 Å². The van der Waals surface area contributed by atoms with Crippen LogP contribution in [0, 0.1) is 0 Å². The van der Waals surface area contributed by atoms with Gasteiger partial charge in [0.1, 0.15) is 11.1 Å². The first-order chi connectivity index (χ1) is 6.84. The predicted molar refractivity (Wildman–Crippen MR) is 49.4 cm³/mol. The summed E-state index contributed by atoms with van der Waals surface area (Å²) in [6.45, 7) is 1.42. The standard InChI is InChI=1S/C8H9NO5S/c1-4-3-15(13,14)6-2-5(10)9(6)7(4)8(11)12/h6H,2-3H2,1H3,(H,11,12). The molecule has 2 aliphatic heterocycles. The molecule has 2 rings (SSSR count). The molecule has 0 spiro atoms. The summed E-state index contributed by atoms with van der Waals surface area (Å²) in [4.78, 5) is 22.9. The number of amides is 1. The van der Waals surface area contributed by atoms with Crippen molar-refractivity contribution in [1.29, 1.82) is 0 Å². The van der Waals surface area contributed by atoms with E-state index in [0.29, 0.717) is 0 Å². The highest BCUT2D eigenvalue weighted by atomic mass is 32.2. The molecule has 0 bridgehead atoms. The number of fused-ring (bicyclic) bond motifs is 1. The second kappa shape index (κ2) is 2.82. The number of nitrogens with zero attached hydrogens (tertiary/aromatic N) is 1. The Bertz CT molecular complexity index is 489. The minimum absolute atomic E-state index is 0.105. The van der Waals surface area contributed by atoms with Crippen LogP contribution < -0.4 is 0 Å². The van der Waals surface area contributed by atoms with Gasteiger partial charge in [-0.3, -0.25) is 9.69 Å². The van der Waals surface area contributed by atoms with E-state index < -0.39 is 27.1 Å². The maximum atomic E-state index is 11.5. The predicted octanol–water partition coefficient (Wildman–Crippen LogP) is -0.668. The van der Waals surface area contributed by atoms with Crippen LogP contribution in [0.15, 0.2) is 11.3 Å². The van der Waals surface area contributed by atoms with E-state index in [0.717, 1.165) is 4.90 Å². The molecule has 1 amide bonds. The summed E-state index contributed by atoms with van der Waals surface area (Å²) in [6, 6.07) is 0. The number of hydrogen-bond donors (Lipinski definition) is 1. The molecule has 0 saturated carbocycles. The Morgan fingerprint density at radius 1 is 1.53 bits per heavy atom. The van der Waals surface area contributed by atoms with Gasteiger partial charge in [0, 0.05) is 0 Å². The number of rotatable bonds is 1. The van der Waals surface area contributed by atoms with E-state index in [1.807, 2.05) is 0 Å². The first kappa shape index (κ1) is 10.2. The fraction of sp³-hybridized carbons (Fsp3) is 0.500. The summed E-state index contributed by atoms with van der Waals surface area (Å²) < 4.78 is 23.1. The van der Waals surface area contributed by atoms with Crippen molar-refractivity contribution in [3.8, 4) is 0 Å². The lowest BCUT2D eigenvalue weighted by atomic mass is 10.1. The summed E-state index contributed by atoms with van der Waals surface area (Å²) in [7, 11) is -3.39. The Morgan fingerprint density at radius 3 is 2.60 bits per heavy atom. The molecule has 2 aliphatic rings. The van der Waals surface area contributed by atoms with Crippen LogP contribution in [-0.4, -0.2) is 41.4 Å². The lowest BCUT2D eigenvalue weighted by molar-refractivity contribution is -0.146. The number of carboxylic acid groups (broad SMARTS) is 1. The second-order valence-electron chi connectivity index (χ2n) is 3.66. The minimum Gasteiger partial charge on any atom is -0.477 e. The molecule has 0 aromatic carbocycles. The maximum absolute atomic E-state index is 11.5. The normalized spacial score (nSPS) is 28.5. The van der Waals surface area contributed by atoms with E-state index in [1.165, 1.54) is 6.92 Å². The SMILES string of the molecule is CC1=C(C(=O)O)N2C(=O)CC2S(=O)(=O)C1. The molecule has 6 nitrogen and oxygen atoms in total. The van der Waals surface area contributed by atoms with Crippen molar-refractivity contribution in [1.82, 2.24) is 4.90 Å². The highest BCUT2D eigenvalue weighted by molar-refractivity contribution is 7.92. The first-order valence-corrected chi connectivity index (χ1v) is 6.03. The number of sulfone groups is 1. The van der Waals surface area contributed by atoms with Gasteiger partial charge in [-0.1, -0.05) is 0 Å². The number of carbonyl (C=O) groups excluding carboxylic acids is 1. The van der Waals surface area contributed by atoms with E-state index >= 15 is 0 Å². The molecule has 1 fully saturated rings. The smallest absolute Gasteiger partial charge is 0.352 e. The minimum atomic E-state index is -3.39. The molecule has 0 radical (unpaired) electrons. The van der Waals surface area contributed by atoms with Gasteiger partial charge in [-0.25, -0.2) is 13.2 Å². The lowest BCUT2D eigenvalue weighted by Crippen LogP contribution is -2.60. The molecule has 15 heavy (non-hydrogen) atoms. The molecule has 1 unspecified atom stereocenters. The topological polar surface area (TPSA) is 91.8 Å². The molecule has 82 valence electrons. The molecule has 2 heterocycles. The van der Waals surface area contributed by atoms with Crippen LogP contribution in [0.1, 0.15) is 13.3 Å². The monoisotopic (exact) mass is 231 g/mol. The summed E-state index contributed by atoms with van der Waals surface area (Å²) in [5.74, 6) is -1.97. The fourth-order valence-corrected chi connectivity index (χ4v) is 3.77. The van der Waals surface area contributed by atoms with Gasteiger partial charge in [-0.2, -0.15) is 0 Å². The Labute approximate surface area is 86.1 Å². The van der Waals surface area contributed by atoms with Gasteiger partial charge in [0.2, 0.25) is 5.91 Å². The zero-order valence-electron chi connectivity index (χ0n) is 7.93. The number of aliphatic carboxylic acids is 1. The van der Waals surface area contributed by atoms with Gasteiger partial charge in [-0.05, 0) is 12.5 Å². The van der Waals surface area contributed by atoms with E-state index in [2.05, 4.69) is 0 Å². The quantitative estimate of drug-likeness (QED) is 0.604. The molecular formula is C8H9NO5S. The molecule has 0 aliphatic carbocycles. The van der Waals surface area contributed by atoms with Crippen LogP contribution in [0.3, 0.4) is 0 Å². The Balaban J connectivity index is 2.55. The largest absolute Gasteiger partial charge is 0.477 e. The van der Waals surface area contributed by atoms with Gasteiger partial charge in [-0.15, -0.1) is 0 Å². The molecular weight excluding hydrogens is 222 g/mol. The van der Waals surface area contributed by atoms with Crippen molar-refractivity contribution in [2.75, 3.05) is 5.75 Å². The summed E-state index contributed by atoms with van der Waals surface area (Å²) in [6.07, 6.45) is -0.105. The molecule has 0 aromatic heterocycles. The Kier molecular flexibility index (Phi) is 1.91. The molecule has 1 saturated heterocycles. The lowest BCUT2D eigenvalue weighted by Gasteiger charge is -2.43. The van der Waals surface area contributed by atoms with Crippen LogP contribution >= 0.6 is 0 Å². The van der Waals surface area contributed by atoms with E-state index in [9.17, 15) is 18.0 Å². The van der Waals surface area contributed by atoms with Crippen LogP contribution in [0.2, 0.25) is 0 Å². The van der Waals surface area contributed by atoms with Crippen LogP contribution in [-0.2, 0) is 19.4 Å². The Hall–Kier alpha value is -1.37. The van der Waals surface area contributed by atoms with Crippen LogP contribution in [0.25, 0.3) is 0 Å². The number of β-lactam (4-membered cyclic amide) rings is 1. The van der Waals surface area contributed by atoms with Crippen molar-refractivity contribution < 1.29 is 23.1 Å². The van der Waals surface area contributed by atoms with Crippen molar-refractivity contribution in [2.45, 2.75) is 18.7 Å². The highest BCUT2D eigenvalue weighted by Gasteiger charge is 2.51. The molecule has 0 aromatic rings. The van der Waals surface area contributed by atoms with Gasteiger partial charge in [0.15, 0.2) is 9.84 Å². The van der Waals surface area contributed by atoms with Crippen molar-refractivity contribution in [3.63, 3.8) is 0 Å². The average molecular weight is 231 g/mol. The second-order valence-corrected chi connectivity index (χ2v) is 5.82. The van der Waals surface area contributed by atoms with Gasteiger partial charge in [0.25, 0.3) is 0 Å². The molecule has 1 N–H and O–H groups in total. The van der Waals surface area contributed by atoms with E-state index in [1.54, 1.807) is 0 Å². The summed E-state index contributed by atoms with van der Waals surface area (Å²) >= 11 is 0. The maximum Gasteiger partial charge on any atom is 0.352 e. The third-order valence-electron chi connectivity index (χ3n) is 2.59. The summed E-state index contributed by atoms with van der Waals surface area (Å²) in [5.41, 5.74) is 0.0397. The number of carbonyl (C=O) groups is 2. The van der Waals surface area contributed by atoms with Gasteiger partial charge in [0.05, 0.1) is 12.2 Å². The zero-order chi connectivity index (χ0) is 11.4. The third-order valence-corrected chi connectivity index (χ3v) is 4.63. The van der Waals surface area contributed by atoms with E-state index in [4.69, 9.17) is 5.11 Å². The van der Waals surface area contributed by atoms with E-state index in [-0.39, 0.29) is 23.4 Å². The number of carboxylic acids is 1. The van der Waals surface area contributed by atoms with Crippen molar-refractivity contribution >= 4 is 21.7 Å². The summed E-state index contributed by atoms with van der Waals surface area (Å²) in [5, 5.41) is 7.91. The fourth-order valence-electron chi connectivity index (χ4n) is 1.90. The Morgan fingerprint density at radius 2 is 2.13 bits per heavy atom. The van der Waals surface area contributed by atoms with Crippen LogP contribution in [0.4, 0.5) is 0 Å². The first-order valence-electron chi connectivity index (χ1n) is 4.31. The highest BCUT2D eigenvalue weighted by Crippen LogP contribution is 2.35. The van der Waals surface area contributed by atoms with Crippen LogP contribution in [0.5, 0.6) is 0 Å². The molecule has 7 heteroatoms.